The van der Waals surface area contributed by atoms with Crippen LogP contribution in [-0.2, 0) is 14.8 Å². The molecule has 8 heteroatoms. The van der Waals surface area contributed by atoms with Crippen molar-refractivity contribution in [2.45, 2.75) is 32.9 Å². The number of nitrogens with one attached hydrogen (secondary N) is 1. The molecule has 0 aliphatic rings. The first-order valence-electron chi connectivity index (χ1n) is 8.85. The smallest absolute Gasteiger partial charge is 0.241 e. The molecule has 6 nitrogen and oxygen atoms in total. The van der Waals surface area contributed by atoms with E-state index in [0.717, 1.165) is 10.6 Å². The Labute approximate surface area is 165 Å². The molecule has 0 saturated carbocycles. The van der Waals surface area contributed by atoms with Crippen LogP contribution >= 0.6 is 0 Å². The molecule has 0 aliphatic carbocycles. The Balaban J connectivity index is 2.16. The van der Waals surface area contributed by atoms with Gasteiger partial charge in [-0.3, -0.25) is 9.10 Å². The number of hydrogen-bond acceptors (Lipinski definition) is 4. The first kappa shape index (κ1) is 21.7. The van der Waals surface area contributed by atoms with Crippen molar-refractivity contribution in [3.63, 3.8) is 0 Å². The van der Waals surface area contributed by atoms with Gasteiger partial charge < -0.3 is 10.1 Å². The zero-order valence-corrected chi connectivity index (χ0v) is 17.2. The van der Waals surface area contributed by atoms with E-state index in [0.29, 0.717) is 17.0 Å². The molecular formula is C20H25FN2O4S. The summed E-state index contributed by atoms with van der Waals surface area (Å²) in [5.74, 6) is -0.326. The fourth-order valence-electron chi connectivity index (χ4n) is 2.64. The number of amides is 1. The summed E-state index contributed by atoms with van der Waals surface area (Å²) in [6.07, 6.45) is 0.974. The van der Waals surface area contributed by atoms with Crippen LogP contribution in [0.3, 0.4) is 0 Å². The number of anilines is 1. The molecule has 2 aromatic rings. The van der Waals surface area contributed by atoms with E-state index in [1.807, 2.05) is 13.8 Å². The Morgan fingerprint density at radius 1 is 1.14 bits per heavy atom. The SMILES string of the molecule is CC(C)Oc1cccc(N(CC(=O)N[C@@H](C)c2ccc(F)cc2)S(C)(=O)=O)c1. The summed E-state index contributed by atoms with van der Waals surface area (Å²) in [6, 6.07) is 11.9. The van der Waals surface area contributed by atoms with Gasteiger partial charge in [-0.1, -0.05) is 18.2 Å². The van der Waals surface area contributed by atoms with E-state index in [9.17, 15) is 17.6 Å². The lowest BCUT2D eigenvalue weighted by Gasteiger charge is -2.24. The highest BCUT2D eigenvalue weighted by atomic mass is 32.2. The minimum absolute atomic E-state index is 0.0678. The molecule has 0 bridgehead atoms. The van der Waals surface area contributed by atoms with Gasteiger partial charge in [-0.15, -0.1) is 0 Å². The van der Waals surface area contributed by atoms with Gasteiger partial charge in [-0.05, 0) is 50.6 Å². The molecule has 1 atom stereocenters. The summed E-state index contributed by atoms with van der Waals surface area (Å²) >= 11 is 0. The third-order valence-corrected chi connectivity index (χ3v) is 5.05. The van der Waals surface area contributed by atoms with Gasteiger partial charge in [-0.2, -0.15) is 0 Å². The van der Waals surface area contributed by atoms with Crippen molar-refractivity contribution in [1.82, 2.24) is 5.32 Å². The molecule has 0 saturated heterocycles. The lowest BCUT2D eigenvalue weighted by Crippen LogP contribution is -2.41. The lowest BCUT2D eigenvalue weighted by atomic mass is 10.1. The minimum atomic E-state index is -3.70. The molecular weight excluding hydrogens is 383 g/mol. The van der Waals surface area contributed by atoms with E-state index < -0.39 is 22.0 Å². The van der Waals surface area contributed by atoms with Crippen LogP contribution in [0.15, 0.2) is 48.5 Å². The second kappa shape index (κ2) is 9.05. The van der Waals surface area contributed by atoms with Crippen molar-refractivity contribution in [3.05, 3.63) is 59.9 Å². The summed E-state index contributed by atoms with van der Waals surface area (Å²) in [5, 5.41) is 2.74. The molecule has 2 aromatic carbocycles. The first-order valence-corrected chi connectivity index (χ1v) is 10.7. The van der Waals surface area contributed by atoms with E-state index in [1.54, 1.807) is 43.3 Å². The molecule has 1 N–H and O–H groups in total. The molecule has 0 radical (unpaired) electrons. The normalized spacial score (nSPS) is 12.5. The van der Waals surface area contributed by atoms with E-state index in [1.165, 1.54) is 12.1 Å². The number of nitrogens with zero attached hydrogens (tertiary/aromatic N) is 1. The van der Waals surface area contributed by atoms with Crippen LogP contribution in [0.4, 0.5) is 10.1 Å². The predicted molar refractivity (Wildman–Crippen MR) is 107 cm³/mol. The van der Waals surface area contributed by atoms with Gasteiger partial charge in [0.15, 0.2) is 0 Å². The van der Waals surface area contributed by atoms with Crippen molar-refractivity contribution < 1.29 is 22.3 Å². The fraction of sp³-hybridized carbons (Fsp3) is 0.350. The first-order chi connectivity index (χ1) is 13.1. The van der Waals surface area contributed by atoms with Gasteiger partial charge >= 0.3 is 0 Å². The van der Waals surface area contributed by atoms with Gasteiger partial charge in [-0.25, -0.2) is 12.8 Å². The number of hydrogen-bond donors (Lipinski definition) is 1. The zero-order valence-electron chi connectivity index (χ0n) is 16.3. The third kappa shape index (κ3) is 6.23. The Bertz CT molecular complexity index is 914. The number of carbonyl (C=O) groups is 1. The fourth-order valence-corrected chi connectivity index (χ4v) is 3.48. The maximum Gasteiger partial charge on any atom is 0.241 e. The molecule has 152 valence electrons. The Morgan fingerprint density at radius 3 is 2.36 bits per heavy atom. The Morgan fingerprint density at radius 2 is 1.79 bits per heavy atom. The molecule has 0 unspecified atom stereocenters. The van der Waals surface area contributed by atoms with Crippen molar-refractivity contribution in [3.8, 4) is 5.75 Å². The summed E-state index contributed by atoms with van der Waals surface area (Å²) in [6.45, 7) is 5.10. The van der Waals surface area contributed by atoms with Crippen molar-refractivity contribution in [1.29, 1.82) is 0 Å². The van der Waals surface area contributed by atoms with Gasteiger partial charge in [0, 0.05) is 6.07 Å². The topological polar surface area (TPSA) is 75.7 Å². The number of benzene rings is 2. The molecule has 1 amide bonds. The second-order valence-electron chi connectivity index (χ2n) is 6.77. The van der Waals surface area contributed by atoms with Crippen LogP contribution < -0.4 is 14.4 Å². The largest absolute Gasteiger partial charge is 0.491 e. The number of halogens is 1. The minimum Gasteiger partial charge on any atom is -0.491 e. The highest BCUT2D eigenvalue weighted by Crippen LogP contribution is 2.24. The second-order valence-corrected chi connectivity index (χ2v) is 8.68. The number of sulfonamides is 1. The van der Waals surface area contributed by atoms with E-state index in [2.05, 4.69) is 5.32 Å². The molecule has 0 aliphatic heterocycles. The van der Waals surface area contributed by atoms with E-state index in [4.69, 9.17) is 4.74 Å². The molecule has 2 rings (SSSR count). The highest BCUT2D eigenvalue weighted by molar-refractivity contribution is 7.92. The van der Waals surface area contributed by atoms with Crippen molar-refractivity contribution in [2.24, 2.45) is 0 Å². The molecule has 0 spiro atoms. The zero-order chi connectivity index (χ0) is 20.9. The number of carbonyl (C=O) groups excluding carboxylic acids is 1. The highest BCUT2D eigenvalue weighted by Gasteiger charge is 2.22. The van der Waals surface area contributed by atoms with Crippen LogP contribution in [-0.4, -0.2) is 33.2 Å². The molecule has 28 heavy (non-hydrogen) atoms. The standard InChI is InChI=1S/C20H25FN2O4S/c1-14(2)27-19-7-5-6-18(12-19)23(28(4,25)26)13-20(24)22-15(3)16-8-10-17(21)11-9-16/h5-12,14-15H,13H2,1-4H3,(H,22,24)/t15-/m0/s1. The van der Waals surface area contributed by atoms with Gasteiger partial charge in [0.1, 0.15) is 18.1 Å². The quantitative estimate of drug-likeness (QED) is 0.728. The van der Waals surface area contributed by atoms with E-state index >= 15 is 0 Å². The van der Waals surface area contributed by atoms with Crippen molar-refractivity contribution in [2.75, 3.05) is 17.1 Å². The Kier molecular flexibility index (Phi) is 7.01. The lowest BCUT2D eigenvalue weighted by molar-refractivity contribution is -0.120. The predicted octanol–water partition coefficient (Wildman–Crippen LogP) is 3.26. The molecule has 0 heterocycles. The summed E-state index contributed by atoms with van der Waals surface area (Å²) in [5.41, 5.74) is 1.05. The van der Waals surface area contributed by atoms with E-state index in [-0.39, 0.29) is 18.5 Å². The Hall–Kier alpha value is -2.61. The summed E-state index contributed by atoms with van der Waals surface area (Å²) in [4.78, 5) is 12.5. The number of rotatable bonds is 8. The van der Waals surface area contributed by atoms with Crippen LogP contribution in [0.2, 0.25) is 0 Å². The maximum absolute atomic E-state index is 13.0. The van der Waals surface area contributed by atoms with Crippen LogP contribution in [0.25, 0.3) is 0 Å². The number of ether oxygens (including phenoxy) is 1. The van der Waals surface area contributed by atoms with Crippen LogP contribution in [0, 0.1) is 5.82 Å². The summed E-state index contributed by atoms with van der Waals surface area (Å²) in [7, 11) is -3.70. The van der Waals surface area contributed by atoms with Crippen molar-refractivity contribution >= 4 is 21.6 Å². The average molecular weight is 408 g/mol. The summed E-state index contributed by atoms with van der Waals surface area (Å²) < 4.78 is 44.2. The van der Waals surface area contributed by atoms with Crippen LogP contribution in [0.5, 0.6) is 5.75 Å². The average Bonchev–Trinajstić information content (AvgIpc) is 2.59. The molecule has 0 fully saturated rings. The van der Waals surface area contributed by atoms with Gasteiger partial charge in [0.05, 0.1) is 24.1 Å². The monoisotopic (exact) mass is 408 g/mol. The molecule has 0 aromatic heterocycles. The third-order valence-electron chi connectivity index (χ3n) is 3.91. The maximum atomic E-state index is 13.0. The van der Waals surface area contributed by atoms with Crippen LogP contribution in [0.1, 0.15) is 32.4 Å². The van der Waals surface area contributed by atoms with Gasteiger partial charge in [0.2, 0.25) is 15.9 Å². The van der Waals surface area contributed by atoms with Gasteiger partial charge in [0.25, 0.3) is 0 Å².